The van der Waals surface area contributed by atoms with Crippen molar-refractivity contribution in [1.82, 2.24) is 10.6 Å². The Morgan fingerprint density at radius 1 is 1.32 bits per heavy atom. The van der Waals surface area contributed by atoms with Crippen molar-refractivity contribution in [2.45, 2.75) is 64.2 Å². The van der Waals surface area contributed by atoms with Crippen LogP contribution in [0.4, 0.5) is 13.2 Å². The van der Waals surface area contributed by atoms with Crippen LogP contribution < -0.4 is 10.6 Å². The van der Waals surface area contributed by atoms with Crippen LogP contribution in [0.15, 0.2) is 0 Å². The van der Waals surface area contributed by atoms with E-state index in [0.29, 0.717) is 12.8 Å². The summed E-state index contributed by atoms with van der Waals surface area (Å²) in [5, 5.41) is 5.52. The van der Waals surface area contributed by atoms with Gasteiger partial charge in [0, 0.05) is 12.1 Å². The van der Waals surface area contributed by atoms with Crippen LogP contribution in [-0.2, 0) is 4.79 Å². The molecule has 0 unspecified atom stereocenters. The zero-order chi connectivity index (χ0) is 14.5. The minimum Gasteiger partial charge on any atom is -0.353 e. The summed E-state index contributed by atoms with van der Waals surface area (Å²) >= 11 is 0. The van der Waals surface area contributed by atoms with Crippen molar-refractivity contribution in [3.8, 4) is 0 Å². The number of rotatable bonds is 5. The third-order valence-corrected chi connectivity index (χ3v) is 3.73. The van der Waals surface area contributed by atoms with E-state index in [4.69, 9.17) is 0 Å². The molecule has 0 spiro atoms. The predicted octanol–water partition coefficient (Wildman–Crippen LogP) is 2.61. The van der Waals surface area contributed by atoms with E-state index in [9.17, 15) is 18.0 Å². The van der Waals surface area contributed by atoms with E-state index in [1.165, 1.54) is 0 Å². The van der Waals surface area contributed by atoms with Gasteiger partial charge in [0.15, 0.2) is 0 Å². The summed E-state index contributed by atoms with van der Waals surface area (Å²) < 4.78 is 38.5. The number of carbonyl (C=O) groups is 1. The van der Waals surface area contributed by atoms with E-state index in [2.05, 4.69) is 10.6 Å². The Labute approximate surface area is 112 Å². The molecule has 3 atom stereocenters. The summed E-state index contributed by atoms with van der Waals surface area (Å²) in [5.74, 6) is -1.56. The van der Waals surface area contributed by atoms with Crippen molar-refractivity contribution in [1.29, 1.82) is 0 Å². The lowest BCUT2D eigenvalue weighted by molar-refractivity contribution is -0.189. The first-order chi connectivity index (χ1) is 8.84. The van der Waals surface area contributed by atoms with Crippen molar-refractivity contribution >= 4 is 5.91 Å². The highest BCUT2D eigenvalue weighted by Gasteiger charge is 2.45. The molecule has 0 saturated heterocycles. The number of halogens is 3. The Balaban J connectivity index is 2.43. The summed E-state index contributed by atoms with van der Waals surface area (Å²) in [4.78, 5) is 11.6. The van der Waals surface area contributed by atoms with Crippen LogP contribution in [0.5, 0.6) is 0 Å². The van der Waals surface area contributed by atoms with Crippen molar-refractivity contribution in [2.75, 3.05) is 6.54 Å². The molecule has 2 N–H and O–H groups in total. The molecular weight excluding hydrogens is 257 g/mol. The second-order valence-electron chi connectivity index (χ2n) is 5.30. The van der Waals surface area contributed by atoms with E-state index in [0.717, 1.165) is 12.8 Å². The number of hydrogen-bond acceptors (Lipinski definition) is 2. The molecule has 3 nitrogen and oxygen atoms in total. The van der Waals surface area contributed by atoms with E-state index >= 15 is 0 Å². The van der Waals surface area contributed by atoms with Crippen LogP contribution in [-0.4, -0.2) is 30.7 Å². The van der Waals surface area contributed by atoms with Crippen LogP contribution in [0, 0.1) is 5.92 Å². The molecule has 0 bridgehead atoms. The maximum atomic E-state index is 12.8. The van der Waals surface area contributed by atoms with Crippen molar-refractivity contribution in [2.24, 2.45) is 5.92 Å². The highest BCUT2D eigenvalue weighted by atomic mass is 19.4. The van der Waals surface area contributed by atoms with Crippen LogP contribution in [0.3, 0.4) is 0 Å². The van der Waals surface area contributed by atoms with Gasteiger partial charge in [-0.1, -0.05) is 19.8 Å². The Kier molecular flexibility index (Phi) is 6.10. The number of nitrogens with one attached hydrogen (secondary N) is 2. The molecule has 1 saturated carbocycles. The number of amides is 1. The third-order valence-electron chi connectivity index (χ3n) is 3.73. The van der Waals surface area contributed by atoms with E-state index in [-0.39, 0.29) is 24.9 Å². The summed E-state index contributed by atoms with van der Waals surface area (Å²) in [6.07, 6.45) is -1.32. The van der Waals surface area contributed by atoms with E-state index < -0.39 is 18.1 Å². The summed E-state index contributed by atoms with van der Waals surface area (Å²) in [6.45, 7) is 3.78. The normalized spacial score (nSPS) is 25.9. The molecule has 1 rings (SSSR count). The summed E-state index contributed by atoms with van der Waals surface area (Å²) in [5.41, 5.74) is 0. The third kappa shape index (κ3) is 5.38. The van der Waals surface area contributed by atoms with Gasteiger partial charge < -0.3 is 10.6 Å². The highest BCUT2D eigenvalue weighted by Crippen LogP contribution is 2.37. The minimum absolute atomic E-state index is 0.0401. The van der Waals surface area contributed by atoms with Gasteiger partial charge in [0.1, 0.15) is 0 Å². The maximum Gasteiger partial charge on any atom is 0.393 e. The highest BCUT2D eigenvalue weighted by molar-refractivity contribution is 5.78. The standard InChI is InChI=1S/C13H23F3N2O/c1-3-9(2)18-12(19)8-17-11-7-5-4-6-10(11)13(14,15)16/h9-11,17H,3-8H2,1-2H3,(H,18,19)/t9-,10+,11-/m0/s1. The topological polar surface area (TPSA) is 41.1 Å². The summed E-state index contributed by atoms with van der Waals surface area (Å²) in [7, 11) is 0. The molecule has 0 aromatic heterocycles. The molecule has 19 heavy (non-hydrogen) atoms. The fourth-order valence-electron chi connectivity index (χ4n) is 2.42. The molecule has 0 aromatic carbocycles. The number of carbonyl (C=O) groups excluding carboxylic acids is 1. The average Bonchev–Trinajstić information content (AvgIpc) is 2.35. The average molecular weight is 280 g/mol. The van der Waals surface area contributed by atoms with Gasteiger partial charge in [-0.15, -0.1) is 0 Å². The predicted molar refractivity (Wildman–Crippen MR) is 67.7 cm³/mol. The monoisotopic (exact) mass is 280 g/mol. The van der Waals surface area contributed by atoms with Crippen LogP contribution >= 0.6 is 0 Å². The molecule has 0 radical (unpaired) electrons. The lowest BCUT2D eigenvalue weighted by Gasteiger charge is -2.33. The Morgan fingerprint density at radius 3 is 2.53 bits per heavy atom. The zero-order valence-corrected chi connectivity index (χ0v) is 11.5. The van der Waals surface area contributed by atoms with Gasteiger partial charge in [-0.3, -0.25) is 4.79 Å². The van der Waals surface area contributed by atoms with Crippen LogP contribution in [0.2, 0.25) is 0 Å². The van der Waals surface area contributed by atoms with Gasteiger partial charge in [0.25, 0.3) is 0 Å². The Morgan fingerprint density at radius 2 is 1.95 bits per heavy atom. The molecule has 112 valence electrons. The molecule has 1 aliphatic carbocycles. The molecule has 0 aromatic rings. The molecule has 1 amide bonds. The second-order valence-corrected chi connectivity index (χ2v) is 5.30. The molecule has 0 heterocycles. The van der Waals surface area contributed by atoms with Crippen molar-refractivity contribution in [3.05, 3.63) is 0 Å². The van der Waals surface area contributed by atoms with Crippen molar-refractivity contribution < 1.29 is 18.0 Å². The summed E-state index contributed by atoms with van der Waals surface area (Å²) in [6, 6.07) is -0.574. The van der Waals surface area contributed by atoms with E-state index in [1.54, 1.807) is 0 Å². The molecular formula is C13H23F3N2O. The molecule has 1 aliphatic rings. The maximum absolute atomic E-state index is 12.8. The SMILES string of the molecule is CC[C@H](C)NC(=O)CN[C@H]1CCCC[C@H]1C(F)(F)F. The van der Waals surface area contributed by atoms with Gasteiger partial charge in [0.2, 0.25) is 5.91 Å². The second kappa shape index (κ2) is 7.12. The fourth-order valence-corrected chi connectivity index (χ4v) is 2.42. The van der Waals surface area contributed by atoms with Gasteiger partial charge >= 0.3 is 6.18 Å². The van der Waals surface area contributed by atoms with Crippen LogP contribution in [0.25, 0.3) is 0 Å². The van der Waals surface area contributed by atoms with Gasteiger partial charge in [-0.2, -0.15) is 13.2 Å². The number of hydrogen-bond donors (Lipinski definition) is 2. The zero-order valence-electron chi connectivity index (χ0n) is 11.5. The Bertz CT molecular complexity index is 294. The number of alkyl halides is 3. The lowest BCUT2D eigenvalue weighted by atomic mass is 9.84. The minimum atomic E-state index is -4.18. The molecule has 0 aliphatic heterocycles. The smallest absolute Gasteiger partial charge is 0.353 e. The molecule has 6 heteroatoms. The first-order valence-electron chi connectivity index (χ1n) is 6.94. The Hall–Kier alpha value is -0.780. The fraction of sp³-hybridized carbons (Fsp3) is 0.923. The van der Waals surface area contributed by atoms with Gasteiger partial charge in [-0.25, -0.2) is 0 Å². The molecule has 1 fully saturated rings. The first-order valence-corrected chi connectivity index (χ1v) is 6.94. The quantitative estimate of drug-likeness (QED) is 0.813. The van der Waals surface area contributed by atoms with Gasteiger partial charge in [-0.05, 0) is 26.2 Å². The lowest BCUT2D eigenvalue weighted by Crippen LogP contribution is -2.49. The first kappa shape index (κ1) is 16.3. The van der Waals surface area contributed by atoms with E-state index in [1.807, 2.05) is 13.8 Å². The van der Waals surface area contributed by atoms with Gasteiger partial charge in [0.05, 0.1) is 12.5 Å². The largest absolute Gasteiger partial charge is 0.393 e. The van der Waals surface area contributed by atoms with Crippen molar-refractivity contribution in [3.63, 3.8) is 0 Å². The van der Waals surface area contributed by atoms with Crippen LogP contribution in [0.1, 0.15) is 46.0 Å².